The molecule has 16 heteroatoms. The Balaban J connectivity index is 2.09. The van der Waals surface area contributed by atoms with E-state index >= 15 is 0 Å². The molecule has 16 nitrogen and oxygen atoms in total. The molecule has 288 valence electrons. The fourth-order valence-corrected chi connectivity index (χ4v) is 5.73. The summed E-state index contributed by atoms with van der Waals surface area (Å²) in [4.78, 5) is 86.5. The number of aliphatic hydroxyl groups excluding tert-OH is 1. The highest BCUT2D eigenvalue weighted by Crippen LogP contribution is 2.11. The van der Waals surface area contributed by atoms with Crippen molar-refractivity contribution >= 4 is 41.4 Å². The summed E-state index contributed by atoms with van der Waals surface area (Å²) in [6, 6.07) is 10.4. The predicted molar refractivity (Wildman–Crippen MR) is 199 cm³/mol. The van der Waals surface area contributed by atoms with E-state index in [1.54, 1.807) is 48.5 Å². The molecule has 7 atom stereocenters. The summed E-state index contributed by atoms with van der Waals surface area (Å²) >= 11 is 0. The summed E-state index contributed by atoms with van der Waals surface area (Å²) in [7, 11) is 0. The number of carbonyl (C=O) groups excluding carboxylic acids is 6. The van der Waals surface area contributed by atoms with Gasteiger partial charge in [-0.05, 0) is 50.2 Å². The first-order valence-electron chi connectivity index (χ1n) is 17.8. The second kappa shape index (κ2) is 20.5. The Labute approximate surface area is 309 Å². The highest BCUT2D eigenvalue weighted by molar-refractivity contribution is 5.98. The van der Waals surface area contributed by atoms with Crippen LogP contribution in [0.15, 0.2) is 65.7 Å². The lowest BCUT2D eigenvalue weighted by Gasteiger charge is -2.29. The number of carbonyl (C=O) groups is 6. The van der Waals surface area contributed by atoms with Crippen molar-refractivity contribution in [1.82, 2.24) is 31.9 Å². The minimum atomic E-state index is -1.50. The third-order valence-corrected chi connectivity index (χ3v) is 8.56. The average Bonchev–Trinajstić information content (AvgIpc) is 3.10. The van der Waals surface area contributed by atoms with E-state index < -0.39 is 77.8 Å². The van der Waals surface area contributed by atoms with Crippen LogP contribution in [0.1, 0.15) is 58.1 Å². The van der Waals surface area contributed by atoms with E-state index in [4.69, 9.17) is 11.5 Å². The topological polar surface area (TPSA) is 259 Å². The van der Waals surface area contributed by atoms with Crippen LogP contribution in [-0.2, 0) is 41.6 Å². The van der Waals surface area contributed by atoms with Crippen molar-refractivity contribution in [1.29, 1.82) is 0 Å². The molecule has 1 aliphatic heterocycles. The quantitative estimate of drug-likeness (QED) is 0.0770. The summed E-state index contributed by atoms with van der Waals surface area (Å²) in [6.07, 6.45) is -0.834. The van der Waals surface area contributed by atoms with Gasteiger partial charge in [0.15, 0.2) is 5.96 Å². The van der Waals surface area contributed by atoms with Gasteiger partial charge in [0.1, 0.15) is 36.3 Å². The van der Waals surface area contributed by atoms with E-state index in [1.165, 1.54) is 13.8 Å². The summed E-state index contributed by atoms with van der Waals surface area (Å²) in [5.41, 5.74) is 12.3. The normalized spacial score (nSPS) is 24.3. The number of benzene rings is 2. The third kappa shape index (κ3) is 13.9. The Morgan fingerprint density at radius 1 is 0.642 bits per heavy atom. The highest BCUT2D eigenvalue weighted by atomic mass is 16.3. The van der Waals surface area contributed by atoms with E-state index in [1.807, 2.05) is 26.0 Å². The number of rotatable bonds is 11. The van der Waals surface area contributed by atoms with Gasteiger partial charge in [-0.3, -0.25) is 33.8 Å². The number of amides is 6. The standard InChI is InChI=1S/C37H53N9O7/c1-21(2)18-27-35(52)46-30(23(4)47)36(53)41-22(3)31(48)42-26(16-11-17-40-37(38)39)32(49)44-28(19-24-12-7-5-8-13-24)34(51)45-29(33(50)43-27)20-25-14-9-6-10-15-25/h5-10,12-15,21-23,26-30,47H,11,16-20H2,1-4H3,(H,41,53)(H,42,48)(H,43,50)(H,44,49)(H,45,51)(H,46,52)(H4,38,39,40)/t22-,23+,26+,27-,28-,29+,30+/m0/s1. The van der Waals surface area contributed by atoms with Crippen molar-refractivity contribution in [3.63, 3.8) is 0 Å². The molecule has 0 aromatic heterocycles. The van der Waals surface area contributed by atoms with Crippen molar-refractivity contribution in [2.24, 2.45) is 22.4 Å². The van der Waals surface area contributed by atoms with E-state index in [0.29, 0.717) is 11.1 Å². The molecular weight excluding hydrogens is 682 g/mol. The Hall–Kier alpha value is -5.51. The maximum Gasteiger partial charge on any atom is 0.245 e. The molecule has 0 radical (unpaired) electrons. The first-order chi connectivity index (χ1) is 25.1. The fourth-order valence-electron chi connectivity index (χ4n) is 5.73. The molecule has 0 bridgehead atoms. The van der Waals surface area contributed by atoms with Gasteiger partial charge >= 0.3 is 0 Å². The van der Waals surface area contributed by atoms with Crippen LogP contribution in [0.5, 0.6) is 0 Å². The van der Waals surface area contributed by atoms with Gasteiger partial charge in [0, 0.05) is 19.4 Å². The van der Waals surface area contributed by atoms with Gasteiger partial charge in [0.25, 0.3) is 0 Å². The second-order valence-corrected chi connectivity index (χ2v) is 13.7. The van der Waals surface area contributed by atoms with Crippen molar-refractivity contribution < 1.29 is 33.9 Å². The Morgan fingerprint density at radius 3 is 1.57 bits per heavy atom. The zero-order valence-corrected chi connectivity index (χ0v) is 30.6. The van der Waals surface area contributed by atoms with Crippen LogP contribution in [0, 0.1) is 5.92 Å². The van der Waals surface area contributed by atoms with Crippen molar-refractivity contribution in [2.75, 3.05) is 6.54 Å². The number of hydrogen-bond acceptors (Lipinski definition) is 8. The van der Waals surface area contributed by atoms with Crippen LogP contribution in [-0.4, -0.2) is 95.4 Å². The number of hydrogen-bond donors (Lipinski definition) is 9. The molecule has 6 amide bonds. The molecule has 0 spiro atoms. The molecule has 1 fully saturated rings. The first-order valence-corrected chi connectivity index (χ1v) is 17.8. The number of aliphatic hydroxyl groups is 1. The molecule has 1 aliphatic rings. The molecule has 0 unspecified atom stereocenters. The maximum atomic E-state index is 14.1. The number of nitrogens with two attached hydrogens (primary N) is 2. The minimum absolute atomic E-state index is 0.0400. The summed E-state index contributed by atoms with van der Waals surface area (Å²) in [5.74, 6) is -4.64. The molecule has 1 heterocycles. The van der Waals surface area contributed by atoms with Crippen LogP contribution < -0.4 is 43.4 Å². The van der Waals surface area contributed by atoms with Crippen LogP contribution in [0.4, 0.5) is 0 Å². The fraction of sp³-hybridized carbons (Fsp3) is 0.486. The summed E-state index contributed by atoms with van der Waals surface area (Å²) in [6.45, 7) is 6.51. The van der Waals surface area contributed by atoms with Gasteiger partial charge in [0.05, 0.1) is 6.10 Å². The lowest BCUT2D eigenvalue weighted by molar-refractivity contribution is -0.137. The van der Waals surface area contributed by atoms with Crippen LogP contribution in [0.2, 0.25) is 0 Å². The van der Waals surface area contributed by atoms with Crippen molar-refractivity contribution in [3.05, 3.63) is 71.8 Å². The second-order valence-electron chi connectivity index (χ2n) is 13.7. The minimum Gasteiger partial charge on any atom is -0.391 e. The molecule has 2 aromatic rings. The summed E-state index contributed by atoms with van der Waals surface area (Å²) < 4.78 is 0. The first kappa shape index (κ1) is 41.9. The lowest BCUT2D eigenvalue weighted by atomic mass is 9.99. The smallest absolute Gasteiger partial charge is 0.245 e. The maximum absolute atomic E-state index is 14.1. The van der Waals surface area contributed by atoms with E-state index in [9.17, 15) is 33.9 Å². The largest absolute Gasteiger partial charge is 0.391 e. The van der Waals surface area contributed by atoms with Crippen molar-refractivity contribution in [2.45, 2.75) is 102 Å². The van der Waals surface area contributed by atoms with Gasteiger partial charge in [-0.1, -0.05) is 74.5 Å². The highest BCUT2D eigenvalue weighted by Gasteiger charge is 2.35. The van der Waals surface area contributed by atoms with E-state index in [-0.39, 0.29) is 50.5 Å². The van der Waals surface area contributed by atoms with Gasteiger partial charge in [-0.2, -0.15) is 0 Å². The van der Waals surface area contributed by atoms with Crippen LogP contribution in [0.25, 0.3) is 0 Å². The average molecular weight is 736 g/mol. The van der Waals surface area contributed by atoms with Gasteiger partial charge in [0.2, 0.25) is 35.4 Å². The van der Waals surface area contributed by atoms with Crippen LogP contribution in [0.3, 0.4) is 0 Å². The Morgan fingerprint density at radius 2 is 1.09 bits per heavy atom. The van der Waals surface area contributed by atoms with Gasteiger partial charge in [-0.15, -0.1) is 0 Å². The molecule has 2 aromatic carbocycles. The van der Waals surface area contributed by atoms with Gasteiger partial charge < -0.3 is 48.5 Å². The van der Waals surface area contributed by atoms with Gasteiger partial charge in [-0.25, -0.2) is 0 Å². The Bertz CT molecular complexity index is 1580. The van der Waals surface area contributed by atoms with E-state index in [0.717, 1.165) is 0 Å². The Kier molecular flexibility index (Phi) is 16.2. The molecule has 0 aliphatic carbocycles. The zero-order valence-electron chi connectivity index (χ0n) is 30.6. The summed E-state index contributed by atoms with van der Waals surface area (Å²) in [5, 5.41) is 26.4. The molecule has 11 N–H and O–H groups in total. The molecule has 3 rings (SSSR count). The molecule has 0 saturated carbocycles. The van der Waals surface area contributed by atoms with Crippen molar-refractivity contribution in [3.8, 4) is 0 Å². The number of nitrogens with zero attached hydrogens (tertiary/aromatic N) is 1. The molecular formula is C37H53N9O7. The molecule has 1 saturated heterocycles. The number of guanidine groups is 1. The van der Waals surface area contributed by atoms with Crippen LogP contribution >= 0.6 is 0 Å². The monoisotopic (exact) mass is 735 g/mol. The number of aliphatic imine (C=N–C) groups is 1. The third-order valence-electron chi connectivity index (χ3n) is 8.56. The zero-order chi connectivity index (χ0) is 39.1. The number of nitrogens with one attached hydrogen (secondary N) is 6. The SMILES string of the molecule is CC(C)C[C@@H]1NC(=O)[C@@H](Cc2ccccc2)NC(=O)[C@H](Cc2ccccc2)NC(=O)[C@@H](CCCN=C(N)N)NC(=O)[C@H](C)NC(=O)[C@@H]([C@@H](C)O)NC1=O. The lowest BCUT2D eigenvalue weighted by Crippen LogP contribution is -2.62. The predicted octanol–water partition coefficient (Wildman–Crippen LogP) is -1.11. The molecule has 53 heavy (non-hydrogen) atoms. The van der Waals surface area contributed by atoms with E-state index in [2.05, 4.69) is 36.9 Å².